The zero-order valence-corrected chi connectivity index (χ0v) is 21.0. The number of aryl methyl sites for hydroxylation is 1. The van der Waals surface area contributed by atoms with E-state index in [-0.39, 0.29) is 16.5 Å². The molecule has 1 saturated carbocycles. The first-order valence-corrected chi connectivity index (χ1v) is 14.4. The number of likely N-dealkylation sites (tertiary alicyclic amines) is 1. The third-order valence-corrected chi connectivity index (χ3v) is 10.5. The second-order valence-electron chi connectivity index (χ2n) is 9.90. The van der Waals surface area contributed by atoms with Gasteiger partial charge in [-0.05, 0) is 80.8 Å². The van der Waals surface area contributed by atoms with Crippen molar-refractivity contribution in [3.63, 3.8) is 0 Å². The summed E-state index contributed by atoms with van der Waals surface area (Å²) >= 11 is 1.96. The molecule has 1 aliphatic carbocycles. The molecule has 3 heterocycles. The number of nitrogens with one attached hydrogen (secondary N) is 1. The van der Waals surface area contributed by atoms with Crippen molar-refractivity contribution in [3.8, 4) is 0 Å². The van der Waals surface area contributed by atoms with Gasteiger partial charge in [-0.3, -0.25) is 0 Å². The van der Waals surface area contributed by atoms with Crippen molar-refractivity contribution in [3.05, 3.63) is 51.5 Å². The number of hydrogen-bond donors (Lipinski definition) is 1. The molecule has 1 aromatic carbocycles. The molecule has 180 valence electrons. The quantitative estimate of drug-likeness (QED) is 0.647. The van der Waals surface area contributed by atoms with Crippen molar-refractivity contribution in [2.45, 2.75) is 75.0 Å². The van der Waals surface area contributed by atoms with E-state index in [1.165, 1.54) is 39.6 Å². The number of hydrogen-bond acceptors (Lipinski definition) is 5. The Balaban J connectivity index is 1.15. The van der Waals surface area contributed by atoms with Gasteiger partial charge < -0.3 is 9.64 Å². The first-order chi connectivity index (χ1) is 15.8. The summed E-state index contributed by atoms with van der Waals surface area (Å²) in [6, 6.07) is 7.78. The standard InChI is InChI=1S/C25H33FN2O3S2/c1-3-21-14-23-24(32-21)8-11-31-25(23)9-10-28(17(2)15-25)16-18-12-20(13-18)27-33(29,30)22-6-4-19(26)5-7-22/h4-7,14,17-18,20,27H,3,8-13,15-16H2,1-2H3/t17-,18-,20+,25+/m0/s1. The lowest BCUT2D eigenvalue weighted by Gasteiger charge is -2.49. The molecular formula is C25H33FN2O3S2. The molecule has 0 radical (unpaired) electrons. The van der Waals surface area contributed by atoms with E-state index in [1.807, 2.05) is 11.3 Å². The van der Waals surface area contributed by atoms with Crippen LogP contribution in [0.4, 0.5) is 4.39 Å². The maximum Gasteiger partial charge on any atom is 0.240 e. The Morgan fingerprint density at radius 2 is 2.03 bits per heavy atom. The molecule has 8 heteroatoms. The van der Waals surface area contributed by atoms with Crippen LogP contribution in [0.5, 0.6) is 0 Å². The summed E-state index contributed by atoms with van der Waals surface area (Å²) in [7, 11) is -3.60. The molecule has 3 aliphatic rings. The maximum atomic E-state index is 13.1. The van der Waals surface area contributed by atoms with Gasteiger partial charge in [0.1, 0.15) is 5.82 Å². The topological polar surface area (TPSA) is 58.6 Å². The highest BCUT2D eigenvalue weighted by Crippen LogP contribution is 2.46. The van der Waals surface area contributed by atoms with E-state index in [0.717, 1.165) is 58.2 Å². The van der Waals surface area contributed by atoms with E-state index in [0.29, 0.717) is 12.0 Å². The number of halogens is 1. The fraction of sp³-hybridized carbons (Fsp3) is 0.600. The smallest absolute Gasteiger partial charge is 0.240 e. The minimum atomic E-state index is -3.60. The maximum absolute atomic E-state index is 13.1. The van der Waals surface area contributed by atoms with Crippen LogP contribution in [0.15, 0.2) is 35.2 Å². The second-order valence-corrected chi connectivity index (χ2v) is 12.8. The summed E-state index contributed by atoms with van der Waals surface area (Å²) in [5.74, 6) is 0.0628. The number of thiophene rings is 1. The Labute approximate surface area is 200 Å². The molecule has 2 aromatic rings. The van der Waals surface area contributed by atoms with E-state index in [4.69, 9.17) is 4.74 Å². The van der Waals surface area contributed by atoms with Gasteiger partial charge in [0.05, 0.1) is 17.1 Å². The number of rotatable bonds is 6. The minimum absolute atomic E-state index is 0.0426. The lowest BCUT2D eigenvalue weighted by atomic mass is 9.77. The summed E-state index contributed by atoms with van der Waals surface area (Å²) in [6.45, 7) is 7.37. The molecule has 0 bridgehead atoms. The van der Waals surface area contributed by atoms with Crippen LogP contribution in [-0.4, -0.2) is 45.1 Å². The van der Waals surface area contributed by atoms with Crippen molar-refractivity contribution >= 4 is 21.4 Å². The highest BCUT2D eigenvalue weighted by Gasteiger charge is 2.45. The fourth-order valence-corrected chi connectivity index (χ4v) is 8.20. The van der Waals surface area contributed by atoms with E-state index >= 15 is 0 Å². The molecule has 1 saturated heterocycles. The lowest BCUT2D eigenvalue weighted by molar-refractivity contribution is -0.114. The molecule has 33 heavy (non-hydrogen) atoms. The lowest BCUT2D eigenvalue weighted by Crippen LogP contribution is -2.54. The fourth-order valence-electron chi connectivity index (χ4n) is 5.76. The van der Waals surface area contributed by atoms with Gasteiger partial charge in [-0.2, -0.15) is 0 Å². The van der Waals surface area contributed by atoms with E-state index in [2.05, 4.69) is 29.5 Å². The SMILES string of the molecule is CCc1cc2c(s1)CCO[C@@]21CCN(C[C@H]2C[C@@H](NS(=O)(=O)c3ccc(F)cc3)C2)[C@@H](C)C1. The van der Waals surface area contributed by atoms with Crippen LogP contribution in [0.2, 0.25) is 0 Å². The number of benzene rings is 1. The Hall–Kier alpha value is -1.32. The predicted molar refractivity (Wildman–Crippen MR) is 129 cm³/mol. The first kappa shape index (κ1) is 23.4. The summed E-state index contributed by atoms with van der Waals surface area (Å²) < 4.78 is 47.4. The van der Waals surface area contributed by atoms with Crippen LogP contribution in [0, 0.1) is 11.7 Å². The summed E-state index contributed by atoms with van der Waals surface area (Å²) in [5.41, 5.74) is 1.32. The van der Waals surface area contributed by atoms with Crippen LogP contribution in [-0.2, 0) is 33.2 Å². The largest absolute Gasteiger partial charge is 0.370 e. The number of sulfonamides is 1. The Bertz CT molecular complexity index is 1100. The predicted octanol–water partition coefficient (Wildman–Crippen LogP) is 4.46. The molecular weight excluding hydrogens is 459 g/mol. The highest BCUT2D eigenvalue weighted by molar-refractivity contribution is 7.89. The van der Waals surface area contributed by atoms with Gasteiger partial charge in [-0.1, -0.05) is 6.92 Å². The third kappa shape index (κ3) is 4.65. The molecule has 5 rings (SSSR count). The number of ether oxygens (including phenoxy) is 1. The van der Waals surface area contributed by atoms with Gasteiger partial charge in [-0.15, -0.1) is 11.3 Å². The minimum Gasteiger partial charge on any atom is -0.370 e. The normalized spacial score (nSPS) is 30.2. The van der Waals surface area contributed by atoms with Crippen LogP contribution in [0.1, 0.15) is 54.8 Å². The van der Waals surface area contributed by atoms with Crippen LogP contribution < -0.4 is 4.72 Å². The number of nitrogens with zero attached hydrogens (tertiary/aromatic N) is 1. The monoisotopic (exact) mass is 492 g/mol. The molecule has 0 unspecified atom stereocenters. The van der Waals surface area contributed by atoms with Crippen molar-refractivity contribution in [1.82, 2.24) is 9.62 Å². The van der Waals surface area contributed by atoms with Crippen LogP contribution in [0.25, 0.3) is 0 Å². The third-order valence-electron chi connectivity index (χ3n) is 7.63. The van der Waals surface area contributed by atoms with Crippen molar-refractivity contribution < 1.29 is 17.5 Å². The molecule has 1 aromatic heterocycles. The van der Waals surface area contributed by atoms with Gasteiger partial charge >= 0.3 is 0 Å². The molecule has 2 fully saturated rings. The summed E-state index contributed by atoms with van der Waals surface area (Å²) in [5, 5.41) is 0. The Kier molecular flexibility index (Phi) is 6.42. The average Bonchev–Trinajstić information content (AvgIpc) is 3.19. The number of piperidine rings is 1. The van der Waals surface area contributed by atoms with Gasteiger partial charge in [-0.25, -0.2) is 17.5 Å². The van der Waals surface area contributed by atoms with Gasteiger partial charge in [0, 0.05) is 41.3 Å². The molecule has 5 nitrogen and oxygen atoms in total. The molecule has 1 N–H and O–H groups in total. The van der Waals surface area contributed by atoms with E-state index < -0.39 is 15.8 Å². The van der Waals surface area contributed by atoms with E-state index in [9.17, 15) is 12.8 Å². The van der Waals surface area contributed by atoms with Gasteiger partial charge in [0.2, 0.25) is 10.0 Å². The first-order valence-electron chi connectivity index (χ1n) is 12.1. The zero-order valence-electron chi connectivity index (χ0n) is 19.3. The molecule has 2 atom stereocenters. The molecule has 2 aliphatic heterocycles. The van der Waals surface area contributed by atoms with Crippen molar-refractivity contribution in [2.75, 3.05) is 19.7 Å². The Morgan fingerprint density at radius 3 is 2.73 bits per heavy atom. The molecule has 0 amide bonds. The van der Waals surface area contributed by atoms with Gasteiger partial charge in [0.25, 0.3) is 0 Å². The van der Waals surface area contributed by atoms with Crippen LogP contribution in [0.3, 0.4) is 0 Å². The van der Waals surface area contributed by atoms with Crippen LogP contribution >= 0.6 is 11.3 Å². The van der Waals surface area contributed by atoms with E-state index in [1.54, 1.807) is 0 Å². The number of fused-ring (bicyclic) bond motifs is 2. The average molecular weight is 493 g/mol. The van der Waals surface area contributed by atoms with Crippen molar-refractivity contribution in [2.24, 2.45) is 5.92 Å². The molecule has 1 spiro atoms. The Morgan fingerprint density at radius 1 is 1.27 bits per heavy atom. The highest BCUT2D eigenvalue weighted by atomic mass is 32.2. The van der Waals surface area contributed by atoms with Gasteiger partial charge in [0.15, 0.2) is 0 Å². The van der Waals surface area contributed by atoms with Crippen molar-refractivity contribution in [1.29, 1.82) is 0 Å². The summed E-state index contributed by atoms with van der Waals surface area (Å²) in [6.07, 6.45) is 5.87. The second kappa shape index (κ2) is 9.04. The zero-order chi connectivity index (χ0) is 23.2. The summed E-state index contributed by atoms with van der Waals surface area (Å²) in [4.78, 5) is 5.66.